The highest BCUT2D eigenvalue weighted by molar-refractivity contribution is 5.25. The lowest BCUT2D eigenvalue weighted by molar-refractivity contribution is 0.504. The van der Waals surface area contributed by atoms with Crippen LogP contribution in [0.25, 0.3) is 0 Å². The molecule has 0 saturated heterocycles. The van der Waals surface area contributed by atoms with E-state index in [1.54, 1.807) is 0 Å². The van der Waals surface area contributed by atoms with Gasteiger partial charge in [-0.05, 0) is 50.8 Å². The largest absolute Gasteiger partial charge is 0.313 e. The van der Waals surface area contributed by atoms with E-state index < -0.39 is 0 Å². The molecule has 0 unspecified atom stereocenters. The highest BCUT2D eigenvalue weighted by Gasteiger charge is 2.10. The van der Waals surface area contributed by atoms with Crippen molar-refractivity contribution in [1.82, 2.24) is 5.32 Å². The summed E-state index contributed by atoms with van der Waals surface area (Å²) in [5.74, 6) is 0. The standard InChI is InChI=1S/C20H27N/c1-4-13-21-20(14-18-9-5-16(2)6-10-18)15-19-11-7-17(3)8-12-19/h5-12,20-21H,4,13-15H2,1-3H3. The summed E-state index contributed by atoms with van der Waals surface area (Å²) in [7, 11) is 0. The fraction of sp³-hybridized carbons (Fsp3) is 0.400. The van der Waals surface area contributed by atoms with Crippen molar-refractivity contribution in [3.8, 4) is 0 Å². The predicted octanol–water partition coefficient (Wildman–Crippen LogP) is 4.46. The lowest BCUT2D eigenvalue weighted by Crippen LogP contribution is -2.33. The fourth-order valence-corrected chi connectivity index (χ4v) is 2.58. The molecule has 2 aromatic carbocycles. The third kappa shape index (κ3) is 5.35. The Morgan fingerprint density at radius 2 is 1.19 bits per heavy atom. The van der Waals surface area contributed by atoms with Crippen molar-refractivity contribution in [3.05, 3.63) is 70.8 Å². The minimum Gasteiger partial charge on any atom is -0.313 e. The molecule has 0 amide bonds. The van der Waals surface area contributed by atoms with Gasteiger partial charge in [0.2, 0.25) is 0 Å². The normalized spacial score (nSPS) is 11.0. The summed E-state index contributed by atoms with van der Waals surface area (Å²) < 4.78 is 0. The van der Waals surface area contributed by atoms with Gasteiger partial charge in [0.25, 0.3) is 0 Å². The highest BCUT2D eigenvalue weighted by Crippen LogP contribution is 2.11. The van der Waals surface area contributed by atoms with Gasteiger partial charge in [-0.15, -0.1) is 0 Å². The van der Waals surface area contributed by atoms with Gasteiger partial charge in [-0.25, -0.2) is 0 Å². The Labute approximate surface area is 129 Å². The first-order valence-electron chi connectivity index (χ1n) is 8.02. The second kappa shape index (κ2) is 7.99. The van der Waals surface area contributed by atoms with Crippen molar-refractivity contribution in [1.29, 1.82) is 0 Å². The van der Waals surface area contributed by atoms with Crippen LogP contribution in [0.5, 0.6) is 0 Å². The summed E-state index contributed by atoms with van der Waals surface area (Å²) in [5, 5.41) is 3.70. The zero-order chi connectivity index (χ0) is 15.1. The Kier molecular flexibility index (Phi) is 6.01. The van der Waals surface area contributed by atoms with Crippen LogP contribution in [-0.2, 0) is 12.8 Å². The van der Waals surface area contributed by atoms with E-state index >= 15 is 0 Å². The van der Waals surface area contributed by atoms with E-state index in [4.69, 9.17) is 0 Å². The molecule has 2 aromatic rings. The van der Waals surface area contributed by atoms with Gasteiger partial charge in [0.05, 0.1) is 0 Å². The van der Waals surface area contributed by atoms with E-state index in [0.29, 0.717) is 6.04 Å². The van der Waals surface area contributed by atoms with Crippen molar-refractivity contribution < 1.29 is 0 Å². The minimum atomic E-state index is 0.510. The van der Waals surface area contributed by atoms with Crippen LogP contribution < -0.4 is 5.32 Å². The molecule has 0 fully saturated rings. The SMILES string of the molecule is CCCNC(Cc1ccc(C)cc1)Cc1ccc(C)cc1. The summed E-state index contributed by atoms with van der Waals surface area (Å²) in [6, 6.07) is 18.4. The van der Waals surface area contributed by atoms with Crippen LogP contribution >= 0.6 is 0 Å². The predicted molar refractivity (Wildman–Crippen MR) is 91.8 cm³/mol. The van der Waals surface area contributed by atoms with Crippen LogP contribution in [0.4, 0.5) is 0 Å². The summed E-state index contributed by atoms with van der Waals surface area (Å²) >= 11 is 0. The van der Waals surface area contributed by atoms with Crippen LogP contribution in [0, 0.1) is 13.8 Å². The number of nitrogens with one attached hydrogen (secondary N) is 1. The summed E-state index contributed by atoms with van der Waals surface area (Å²) in [5.41, 5.74) is 5.49. The third-order valence-corrected chi connectivity index (χ3v) is 3.89. The highest BCUT2D eigenvalue weighted by atomic mass is 14.9. The summed E-state index contributed by atoms with van der Waals surface area (Å²) in [4.78, 5) is 0. The number of hydrogen-bond donors (Lipinski definition) is 1. The molecule has 1 nitrogen and oxygen atoms in total. The topological polar surface area (TPSA) is 12.0 Å². The van der Waals surface area contributed by atoms with Crippen LogP contribution in [-0.4, -0.2) is 12.6 Å². The molecule has 0 aliphatic heterocycles. The molecular formula is C20H27N. The molecule has 1 heteroatoms. The number of aryl methyl sites for hydroxylation is 2. The van der Waals surface area contributed by atoms with E-state index in [0.717, 1.165) is 19.4 Å². The van der Waals surface area contributed by atoms with Crippen molar-refractivity contribution in [2.45, 2.75) is 46.1 Å². The van der Waals surface area contributed by atoms with Gasteiger partial charge < -0.3 is 5.32 Å². The first-order chi connectivity index (χ1) is 10.2. The molecule has 0 atom stereocenters. The van der Waals surface area contributed by atoms with Crippen molar-refractivity contribution in [2.24, 2.45) is 0 Å². The Balaban J connectivity index is 2.02. The third-order valence-electron chi connectivity index (χ3n) is 3.89. The van der Waals surface area contributed by atoms with E-state index in [-0.39, 0.29) is 0 Å². The second-order valence-electron chi connectivity index (χ2n) is 6.03. The molecule has 0 saturated carbocycles. The summed E-state index contributed by atoms with van der Waals surface area (Å²) in [6.45, 7) is 7.59. The maximum absolute atomic E-state index is 3.70. The lowest BCUT2D eigenvalue weighted by atomic mass is 9.97. The molecule has 2 rings (SSSR count). The first-order valence-corrected chi connectivity index (χ1v) is 8.02. The number of benzene rings is 2. The van der Waals surface area contributed by atoms with E-state index in [1.165, 1.54) is 28.7 Å². The lowest BCUT2D eigenvalue weighted by Gasteiger charge is -2.19. The number of rotatable bonds is 7. The fourth-order valence-electron chi connectivity index (χ4n) is 2.58. The first kappa shape index (κ1) is 15.8. The molecule has 0 heterocycles. The van der Waals surface area contributed by atoms with E-state index in [9.17, 15) is 0 Å². The van der Waals surface area contributed by atoms with Crippen molar-refractivity contribution in [2.75, 3.05) is 6.54 Å². The van der Waals surface area contributed by atoms with Crippen LogP contribution in [0.2, 0.25) is 0 Å². The molecule has 0 aliphatic rings. The van der Waals surface area contributed by atoms with Gasteiger partial charge in [-0.3, -0.25) is 0 Å². The van der Waals surface area contributed by atoms with Crippen molar-refractivity contribution in [3.63, 3.8) is 0 Å². The summed E-state index contributed by atoms with van der Waals surface area (Å²) in [6.07, 6.45) is 3.36. The number of hydrogen-bond acceptors (Lipinski definition) is 1. The van der Waals surface area contributed by atoms with Gasteiger partial charge in [0.1, 0.15) is 0 Å². The minimum absolute atomic E-state index is 0.510. The Hall–Kier alpha value is -1.60. The van der Waals surface area contributed by atoms with Gasteiger partial charge in [0, 0.05) is 6.04 Å². The van der Waals surface area contributed by atoms with E-state index in [2.05, 4.69) is 74.6 Å². The Morgan fingerprint density at radius 1 is 0.762 bits per heavy atom. The molecule has 0 spiro atoms. The molecular weight excluding hydrogens is 254 g/mol. The maximum Gasteiger partial charge on any atom is 0.0148 e. The Bertz CT molecular complexity index is 477. The molecule has 0 bridgehead atoms. The van der Waals surface area contributed by atoms with Crippen LogP contribution in [0.3, 0.4) is 0 Å². The van der Waals surface area contributed by atoms with Crippen molar-refractivity contribution >= 4 is 0 Å². The molecule has 112 valence electrons. The van der Waals surface area contributed by atoms with Gasteiger partial charge >= 0.3 is 0 Å². The van der Waals surface area contributed by atoms with E-state index in [1.807, 2.05) is 0 Å². The van der Waals surface area contributed by atoms with Gasteiger partial charge in [-0.1, -0.05) is 66.6 Å². The Morgan fingerprint density at radius 3 is 1.57 bits per heavy atom. The zero-order valence-electron chi connectivity index (χ0n) is 13.5. The molecule has 0 aromatic heterocycles. The quantitative estimate of drug-likeness (QED) is 0.790. The molecule has 1 N–H and O–H groups in total. The van der Waals surface area contributed by atoms with Gasteiger partial charge in [0.15, 0.2) is 0 Å². The van der Waals surface area contributed by atoms with Crippen LogP contribution in [0.1, 0.15) is 35.6 Å². The molecule has 0 radical (unpaired) electrons. The zero-order valence-corrected chi connectivity index (χ0v) is 13.5. The second-order valence-corrected chi connectivity index (χ2v) is 6.03. The average Bonchev–Trinajstić information content (AvgIpc) is 2.49. The molecule has 21 heavy (non-hydrogen) atoms. The monoisotopic (exact) mass is 281 g/mol. The van der Waals surface area contributed by atoms with Gasteiger partial charge in [-0.2, -0.15) is 0 Å². The molecule has 0 aliphatic carbocycles. The maximum atomic E-state index is 3.70. The van der Waals surface area contributed by atoms with Crippen LogP contribution in [0.15, 0.2) is 48.5 Å². The average molecular weight is 281 g/mol. The smallest absolute Gasteiger partial charge is 0.0148 e.